The van der Waals surface area contributed by atoms with E-state index >= 15 is 0 Å². The van der Waals surface area contributed by atoms with Crippen LogP contribution in [0.15, 0.2) is 12.4 Å². The molecule has 1 aliphatic heterocycles. The van der Waals surface area contributed by atoms with Crippen LogP contribution in [0.4, 0.5) is 13.2 Å². The number of alkyl halides is 3. The van der Waals surface area contributed by atoms with E-state index < -0.39 is 29.4 Å². The predicted octanol–water partition coefficient (Wildman–Crippen LogP) is 1.16. The summed E-state index contributed by atoms with van der Waals surface area (Å²) in [6, 6.07) is -0.226. The first-order chi connectivity index (χ1) is 10.8. The Morgan fingerprint density at radius 1 is 1.30 bits per heavy atom. The Hall–Kier alpha value is -1.74. The van der Waals surface area contributed by atoms with Crippen LogP contribution < -0.4 is 5.32 Å². The van der Waals surface area contributed by atoms with Crippen molar-refractivity contribution < 1.29 is 27.8 Å². The second-order valence-electron chi connectivity index (χ2n) is 5.92. The average Bonchev–Trinajstić information content (AvgIpc) is 2.54. The molecular formula is C14H16F3N3O3. The summed E-state index contributed by atoms with van der Waals surface area (Å²) in [7, 11) is 0. The minimum Gasteiger partial charge on any atom is -0.392 e. The van der Waals surface area contributed by atoms with Gasteiger partial charge in [-0.25, -0.2) is 9.97 Å². The molecule has 2 N–H and O–H groups in total. The highest BCUT2D eigenvalue weighted by molar-refractivity contribution is 5.93. The van der Waals surface area contributed by atoms with Gasteiger partial charge in [0.25, 0.3) is 5.91 Å². The van der Waals surface area contributed by atoms with E-state index in [9.17, 15) is 23.1 Å². The third kappa shape index (κ3) is 2.90. The summed E-state index contributed by atoms with van der Waals surface area (Å²) in [4.78, 5) is 18.5. The Bertz CT molecular complexity index is 585. The summed E-state index contributed by atoms with van der Waals surface area (Å²) in [6.07, 6.45) is -1.72. The highest BCUT2D eigenvalue weighted by atomic mass is 19.4. The highest BCUT2D eigenvalue weighted by Gasteiger charge is 2.55. The molecule has 126 valence electrons. The molecule has 3 rings (SSSR count). The van der Waals surface area contributed by atoms with Crippen LogP contribution in [-0.2, 0) is 10.9 Å². The Morgan fingerprint density at radius 3 is 2.43 bits per heavy atom. The van der Waals surface area contributed by atoms with E-state index in [4.69, 9.17) is 4.74 Å². The summed E-state index contributed by atoms with van der Waals surface area (Å²) >= 11 is 0. The summed E-state index contributed by atoms with van der Waals surface area (Å²) in [5.74, 6) is -1.82. The predicted molar refractivity (Wildman–Crippen MR) is 71.4 cm³/mol. The molecule has 1 spiro atoms. The summed E-state index contributed by atoms with van der Waals surface area (Å²) in [5, 5.41) is 12.8. The Labute approximate surface area is 130 Å². The summed E-state index contributed by atoms with van der Waals surface area (Å²) in [6.45, 7) is 1.04. The largest absolute Gasteiger partial charge is 0.451 e. The van der Waals surface area contributed by atoms with Crippen LogP contribution in [0.25, 0.3) is 0 Å². The zero-order chi connectivity index (χ0) is 16.7. The lowest BCUT2D eigenvalue weighted by atomic mass is 9.58. The molecule has 0 bridgehead atoms. The van der Waals surface area contributed by atoms with Crippen LogP contribution in [0.3, 0.4) is 0 Å². The fourth-order valence-electron chi connectivity index (χ4n) is 3.23. The van der Waals surface area contributed by atoms with E-state index in [0.717, 1.165) is 12.4 Å². The van der Waals surface area contributed by atoms with Crippen molar-refractivity contribution in [2.45, 2.75) is 37.6 Å². The molecule has 1 amide bonds. The van der Waals surface area contributed by atoms with Gasteiger partial charge in [0.2, 0.25) is 5.82 Å². The Kier molecular flexibility index (Phi) is 4.01. The van der Waals surface area contributed by atoms with E-state index in [1.54, 1.807) is 0 Å². The third-order valence-electron chi connectivity index (χ3n) is 4.71. The molecule has 2 aliphatic rings. The van der Waals surface area contributed by atoms with Crippen LogP contribution in [0, 0.1) is 5.41 Å². The normalized spacial score (nSPS) is 26.6. The van der Waals surface area contributed by atoms with Gasteiger partial charge in [-0.05, 0) is 19.3 Å². The molecular weight excluding hydrogens is 315 g/mol. The van der Waals surface area contributed by atoms with Crippen molar-refractivity contribution in [2.24, 2.45) is 5.41 Å². The van der Waals surface area contributed by atoms with Crippen LogP contribution in [0.1, 0.15) is 35.4 Å². The van der Waals surface area contributed by atoms with Gasteiger partial charge in [0.05, 0.1) is 11.7 Å². The van der Waals surface area contributed by atoms with Gasteiger partial charge >= 0.3 is 6.18 Å². The number of rotatable bonds is 2. The lowest BCUT2D eigenvalue weighted by Crippen LogP contribution is -2.65. The maximum Gasteiger partial charge on any atom is 0.451 e. The van der Waals surface area contributed by atoms with E-state index in [1.807, 2.05) is 0 Å². The van der Waals surface area contributed by atoms with Crippen LogP contribution in [0.2, 0.25) is 0 Å². The van der Waals surface area contributed by atoms with E-state index in [1.165, 1.54) is 0 Å². The number of halogens is 3. The number of aromatic nitrogens is 2. The standard InChI is InChI=1S/C14H16F3N3O3/c15-14(16,17)12-18-6-8(7-19-12)11(22)20-9-5-10(21)13(9)1-3-23-4-2-13/h6-7,9-10,21H,1-5H2,(H,20,22)/t9-,10-/m1/s1. The van der Waals surface area contributed by atoms with Crippen molar-refractivity contribution in [1.82, 2.24) is 15.3 Å². The lowest BCUT2D eigenvalue weighted by Gasteiger charge is -2.55. The van der Waals surface area contributed by atoms with Gasteiger partial charge in [-0.2, -0.15) is 13.2 Å². The minimum atomic E-state index is -4.64. The van der Waals surface area contributed by atoms with Crippen molar-refractivity contribution in [3.05, 3.63) is 23.8 Å². The van der Waals surface area contributed by atoms with Crippen LogP contribution in [-0.4, -0.2) is 46.3 Å². The molecule has 23 heavy (non-hydrogen) atoms. The number of carbonyl (C=O) groups excluding carboxylic acids is 1. The first-order valence-corrected chi connectivity index (χ1v) is 7.29. The molecule has 1 aromatic rings. The van der Waals surface area contributed by atoms with Crippen molar-refractivity contribution in [2.75, 3.05) is 13.2 Å². The number of aliphatic hydroxyl groups is 1. The molecule has 1 aliphatic carbocycles. The molecule has 1 aromatic heterocycles. The molecule has 2 atom stereocenters. The number of nitrogens with one attached hydrogen (secondary N) is 1. The molecule has 0 radical (unpaired) electrons. The lowest BCUT2D eigenvalue weighted by molar-refractivity contribution is -0.145. The molecule has 1 saturated heterocycles. The molecule has 1 saturated carbocycles. The van der Waals surface area contributed by atoms with Crippen molar-refractivity contribution >= 4 is 5.91 Å². The molecule has 9 heteroatoms. The van der Waals surface area contributed by atoms with E-state index in [0.29, 0.717) is 32.5 Å². The summed E-state index contributed by atoms with van der Waals surface area (Å²) < 4.78 is 42.5. The molecule has 2 heterocycles. The highest BCUT2D eigenvalue weighted by Crippen LogP contribution is 2.49. The molecule has 0 unspecified atom stereocenters. The van der Waals surface area contributed by atoms with Gasteiger partial charge in [0.15, 0.2) is 0 Å². The maximum absolute atomic E-state index is 12.4. The zero-order valence-electron chi connectivity index (χ0n) is 12.1. The fourth-order valence-corrected chi connectivity index (χ4v) is 3.23. The second-order valence-corrected chi connectivity index (χ2v) is 5.92. The second kappa shape index (κ2) is 5.72. The average molecular weight is 331 g/mol. The Balaban J connectivity index is 1.67. The number of carbonyl (C=O) groups is 1. The SMILES string of the molecule is O=C(N[C@@H]1C[C@@H](O)C12CCOCC2)c1cnc(C(F)(F)F)nc1. The monoisotopic (exact) mass is 331 g/mol. The zero-order valence-corrected chi connectivity index (χ0v) is 12.1. The first kappa shape index (κ1) is 16.1. The van der Waals surface area contributed by atoms with E-state index in [2.05, 4.69) is 15.3 Å². The van der Waals surface area contributed by atoms with Crippen molar-refractivity contribution in [3.8, 4) is 0 Å². The number of amides is 1. The van der Waals surface area contributed by atoms with Gasteiger partial charge in [0.1, 0.15) is 0 Å². The third-order valence-corrected chi connectivity index (χ3v) is 4.71. The van der Waals surface area contributed by atoms with Crippen LogP contribution in [0.5, 0.6) is 0 Å². The van der Waals surface area contributed by atoms with Gasteiger partial charge in [-0.1, -0.05) is 0 Å². The van der Waals surface area contributed by atoms with Gasteiger partial charge in [-0.15, -0.1) is 0 Å². The molecule has 6 nitrogen and oxygen atoms in total. The smallest absolute Gasteiger partial charge is 0.392 e. The minimum absolute atomic E-state index is 0.0402. The van der Waals surface area contributed by atoms with Gasteiger partial charge in [-0.3, -0.25) is 4.79 Å². The summed E-state index contributed by atoms with van der Waals surface area (Å²) in [5.41, 5.74) is -0.442. The van der Waals surface area contributed by atoms with Crippen molar-refractivity contribution in [3.63, 3.8) is 0 Å². The van der Waals surface area contributed by atoms with E-state index in [-0.39, 0.29) is 11.6 Å². The maximum atomic E-state index is 12.4. The first-order valence-electron chi connectivity index (χ1n) is 7.29. The van der Waals surface area contributed by atoms with Gasteiger partial charge in [0, 0.05) is 37.1 Å². The Morgan fingerprint density at radius 2 is 1.91 bits per heavy atom. The topological polar surface area (TPSA) is 84.3 Å². The van der Waals surface area contributed by atoms with Crippen LogP contribution >= 0.6 is 0 Å². The molecule has 0 aromatic carbocycles. The number of hydrogen-bond donors (Lipinski definition) is 2. The number of hydrogen-bond acceptors (Lipinski definition) is 5. The van der Waals surface area contributed by atoms with Crippen molar-refractivity contribution in [1.29, 1.82) is 0 Å². The molecule has 2 fully saturated rings. The van der Waals surface area contributed by atoms with Gasteiger partial charge < -0.3 is 15.2 Å². The number of nitrogens with zero attached hydrogens (tertiary/aromatic N) is 2. The fraction of sp³-hybridized carbons (Fsp3) is 0.643. The number of aliphatic hydroxyl groups excluding tert-OH is 1. The quantitative estimate of drug-likeness (QED) is 0.849. The number of ether oxygens (including phenoxy) is 1.